The summed E-state index contributed by atoms with van der Waals surface area (Å²) in [7, 11) is 0. The molecule has 0 amide bonds. The second-order valence-electron chi connectivity index (χ2n) is 1.42. The van der Waals surface area contributed by atoms with Gasteiger partial charge in [-0.2, -0.15) is 10.5 Å². The third kappa shape index (κ3) is 6.81. The van der Waals surface area contributed by atoms with Gasteiger partial charge in [0.05, 0.1) is 6.61 Å². The third-order valence-electron chi connectivity index (χ3n) is 0.684. The van der Waals surface area contributed by atoms with Gasteiger partial charge >= 0.3 is 0 Å². The molecule has 0 aromatic rings. The molecule has 0 aromatic heterocycles. The highest BCUT2D eigenvalue weighted by Gasteiger charge is 1.99. The monoisotopic (exact) mass is 190 g/mol. The average Bonchev–Trinajstić information content (AvgIpc) is 2.09. The fourth-order valence-electron chi connectivity index (χ4n) is 0.323. The highest BCUT2D eigenvalue weighted by molar-refractivity contribution is 7.79. The molecule has 0 aliphatic rings. The number of hydrogen-bond acceptors (Lipinski definition) is 6. The zero-order valence-electron chi connectivity index (χ0n) is 6.06. The smallest absolute Gasteiger partial charge is 0.287 e. The van der Waals surface area contributed by atoms with E-state index in [1.807, 2.05) is 0 Å². The lowest BCUT2D eigenvalue weighted by atomic mass is 10.8. The molecule has 0 aliphatic carbocycles. The Hall–Kier alpha value is -1.31. The van der Waals surface area contributed by atoms with Crippen molar-refractivity contribution in [2.45, 2.75) is 0 Å². The molecule has 0 aliphatic heterocycles. The molecule has 1 atom stereocenters. The molecule has 66 valence electrons. The fraction of sp³-hybridized carbons (Fsp3) is 0.600. The zero-order chi connectivity index (χ0) is 9.23. The SMILES string of the molecule is N#COCCOS(=O)COC#N. The molecule has 0 fully saturated rings. The van der Waals surface area contributed by atoms with Crippen molar-refractivity contribution in [3.63, 3.8) is 0 Å². The van der Waals surface area contributed by atoms with Crippen LogP contribution in [0, 0.1) is 23.0 Å². The summed E-state index contributed by atoms with van der Waals surface area (Å²) < 4.78 is 23.6. The van der Waals surface area contributed by atoms with Gasteiger partial charge in [0, 0.05) is 0 Å². The van der Waals surface area contributed by atoms with Gasteiger partial charge in [0.15, 0.2) is 11.1 Å². The Kier molecular flexibility index (Phi) is 6.94. The summed E-state index contributed by atoms with van der Waals surface area (Å²) in [5.74, 6) is -0.303. The molecule has 0 heterocycles. The first-order valence-electron chi connectivity index (χ1n) is 2.84. The highest BCUT2D eigenvalue weighted by atomic mass is 32.2. The van der Waals surface area contributed by atoms with Crippen molar-refractivity contribution in [3.05, 3.63) is 0 Å². The van der Waals surface area contributed by atoms with Crippen LogP contribution in [0.5, 0.6) is 0 Å². The van der Waals surface area contributed by atoms with Crippen LogP contribution in [0.15, 0.2) is 0 Å². The summed E-state index contributed by atoms with van der Waals surface area (Å²) in [4.78, 5) is 0. The maximum absolute atomic E-state index is 10.6. The van der Waals surface area contributed by atoms with E-state index >= 15 is 0 Å². The Bertz CT molecular complexity index is 218. The van der Waals surface area contributed by atoms with Crippen LogP contribution in [0.2, 0.25) is 0 Å². The van der Waals surface area contributed by atoms with Crippen LogP contribution in [0.3, 0.4) is 0 Å². The van der Waals surface area contributed by atoms with E-state index in [1.54, 1.807) is 0 Å². The van der Waals surface area contributed by atoms with Gasteiger partial charge in [0.2, 0.25) is 5.94 Å². The first-order chi connectivity index (χ1) is 5.81. The van der Waals surface area contributed by atoms with E-state index in [4.69, 9.17) is 10.5 Å². The van der Waals surface area contributed by atoms with Crippen LogP contribution >= 0.6 is 0 Å². The first kappa shape index (κ1) is 10.7. The van der Waals surface area contributed by atoms with Crippen molar-refractivity contribution in [2.24, 2.45) is 0 Å². The fourth-order valence-corrected chi connectivity index (χ4v) is 0.794. The molecule has 0 N–H and O–H groups in total. The summed E-state index contributed by atoms with van der Waals surface area (Å²) in [5.41, 5.74) is 0. The van der Waals surface area contributed by atoms with Crippen LogP contribution in [-0.2, 0) is 24.7 Å². The number of ether oxygens (including phenoxy) is 2. The van der Waals surface area contributed by atoms with E-state index < -0.39 is 11.1 Å². The molecule has 12 heavy (non-hydrogen) atoms. The lowest BCUT2D eigenvalue weighted by Gasteiger charge is -1.98. The predicted molar refractivity (Wildman–Crippen MR) is 37.2 cm³/mol. The maximum Gasteiger partial charge on any atom is 0.287 e. The van der Waals surface area contributed by atoms with Gasteiger partial charge in [0.25, 0.3) is 12.5 Å². The zero-order valence-corrected chi connectivity index (χ0v) is 6.87. The van der Waals surface area contributed by atoms with Gasteiger partial charge in [-0.05, 0) is 0 Å². The molecule has 0 radical (unpaired) electrons. The molecular formula is C5H6N2O4S. The quantitative estimate of drug-likeness (QED) is 0.418. The minimum absolute atomic E-state index is 0.0228. The molecule has 0 rings (SSSR count). The Balaban J connectivity index is 3.22. The predicted octanol–water partition coefficient (Wildman–Crippen LogP) is -0.380. The van der Waals surface area contributed by atoms with Crippen LogP contribution < -0.4 is 0 Å². The summed E-state index contributed by atoms with van der Waals surface area (Å²) in [6.07, 6.45) is 2.77. The Morgan fingerprint density at radius 1 is 1.17 bits per heavy atom. The summed E-state index contributed by atoms with van der Waals surface area (Å²) in [6.45, 7) is 0.0593. The average molecular weight is 190 g/mol. The number of rotatable bonds is 6. The van der Waals surface area contributed by atoms with Gasteiger partial charge in [-0.25, -0.2) is 4.21 Å². The standard InChI is InChI=1S/C5H6N2O4S/c6-3-9-1-2-11-12(8)5-10-4-7/h1-2,5H2. The Morgan fingerprint density at radius 2 is 1.83 bits per heavy atom. The lowest BCUT2D eigenvalue weighted by molar-refractivity contribution is 0.197. The van der Waals surface area contributed by atoms with Crippen LogP contribution in [0.25, 0.3) is 0 Å². The number of nitriles is 2. The Morgan fingerprint density at radius 3 is 2.42 bits per heavy atom. The van der Waals surface area contributed by atoms with E-state index in [0.717, 1.165) is 0 Å². The highest BCUT2D eigenvalue weighted by Crippen LogP contribution is 1.86. The van der Waals surface area contributed by atoms with E-state index in [0.29, 0.717) is 0 Å². The van der Waals surface area contributed by atoms with E-state index in [2.05, 4.69) is 13.7 Å². The van der Waals surface area contributed by atoms with Crippen molar-refractivity contribution in [1.29, 1.82) is 10.5 Å². The second kappa shape index (κ2) is 7.79. The van der Waals surface area contributed by atoms with Gasteiger partial charge in [-0.1, -0.05) is 0 Å². The minimum atomic E-state index is -1.66. The maximum atomic E-state index is 10.6. The topological polar surface area (TPSA) is 92.3 Å². The van der Waals surface area contributed by atoms with Crippen molar-refractivity contribution in [2.75, 3.05) is 19.2 Å². The Labute approximate surface area is 71.9 Å². The van der Waals surface area contributed by atoms with Crippen LogP contribution in [-0.4, -0.2) is 23.4 Å². The van der Waals surface area contributed by atoms with Crippen molar-refractivity contribution < 1.29 is 17.9 Å². The molecule has 0 bridgehead atoms. The minimum Gasteiger partial charge on any atom is -0.425 e. The van der Waals surface area contributed by atoms with Gasteiger partial charge in [0.1, 0.15) is 6.61 Å². The summed E-state index contributed by atoms with van der Waals surface area (Å²) >= 11 is -1.66. The van der Waals surface area contributed by atoms with E-state index in [1.165, 1.54) is 12.5 Å². The summed E-state index contributed by atoms with van der Waals surface area (Å²) in [6, 6.07) is 0. The third-order valence-corrected chi connectivity index (χ3v) is 1.42. The molecule has 1 unspecified atom stereocenters. The number of nitrogens with zero attached hydrogens (tertiary/aromatic N) is 2. The van der Waals surface area contributed by atoms with Crippen molar-refractivity contribution in [1.82, 2.24) is 0 Å². The summed E-state index contributed by atoms with van der Waals surface area (Å²) in [5, 5.41) is 15.8. The van der Waals surface area contributed by atoms with Gasteiger partial charge in [-0.3, -0.25) is 4.18 Å². The molecule has 7 heteroatoms. The van der Waals surface area contributed by atoms with Crippen molar-refractivity contribution >= 4 is 11.1 Å². The molecular weight excluding hydrogens is 184 g/mol. The lowest BCUT2D eigenvalue weighted by Crippen LogP contribution is -2.08. The molecule has 0 saturated heterocycles. The normalized spacial score (nSPS) is 10.8. The number of hydrogen-bond donors (Lipinski definition) is 0. The molecule has 0 spiro atoms. The first-order valence-corrected chi connectivity index (χ1v) is 4.09. The van der Waals surface area contributed by atoms with Gasteiger partial charge < -0.3 is 9.47 Å². The van der Waals surface area contributed by atoms with E-state index in [-0.39, 0.29) is 19.2 Å². The molecule has 0 saturated carbocycles. The molecule has 6 nitrogen and oxygen atoms in total. The second-order valence-corrected chi connectivity index (χ2v) is 2.50. The van der Waals surface area contributed by atoms with Crippen molar-refractivity contribution in [3.8, 4) is 12.5 Å². The largest absolute Gasteiger partial charge is 0.425 e. The van der Waals surface area contributed by atoms with E-state index in [9.17, 15) is 4.21 Å². The van der Waals surface area contributed by atoms with Crippen LogP contribution in [0.1, 0.15) is 0 Å². The van der Waals surface area contributed by atoms with Crippen LogP contribution in [0.4, 0.5) is 0 Å². The van der Waals surface area contributed by atoms with Gasteiger partial charge in [-0.15, -0.1) is 0 Å². The molecule has 0 aromatic carbocycles.